The Morgan fingerprint density at radius 1 is 0.833 bits per heavy atom. The van der Waals surface area contributed by atoms with Gasteiger partial charge in [0.25, 0.3) is 0 Å². The van der Waals surface area contributed by atoms with Crippen LogP contribution in [0.25, 0.3) is 0 Å². The molecule has 0 amide bonds. The molecule has 1 aromatic carbocycles. The molecule has 0 atom stereocenters. The number of aromatic carboxylic acids is 2. The maximum absolute atomic E-state index is 11.5. The lowest BCUT2D eigenvalue weighted by Crippen LogP contribution is -2.10. The van der Waals surface area contributed by atoms with E-state index in [1.54, 1.807) is 7.11 Å². The molecule has 2 rings (SSSR count). The molecule has 0 radical (unpaired) electrons. The first kappa shape index (κ1) is 24.4. The molecular weight excluding hydrogens is 400 g/mol. The summed E-state index contributed by atoms with van der Waals surface area (Å²) < 4.78 is 18.9. The predicted octanol–water partition coefficient (Wildman–Crippen LogP) is 2.73. The highest BCUT2D eigenvalue weighted by Gasteiger charge is 2.21. The van der Waals surface area contributed by atoms with E-state index in [4.69, 9.17) is 19.7 Å². The first-order valence-corrected chi connectivity index (χ1v) is 8.70. The van der Waals surface area contributed by atoms with Gasteiger partial charge >= 0.3 is 23.9 Å². The predicted molar refractivity (Wildman–Crippen MR) is 102 cm³/mol. The minimum Gasteiger partial charge on any atom is -0.478 e. The molecule has 0 aliphatic rings. The number of benzene rings is 1. The highest BCUT2D eigenvalue weighted by Crippen LogP contribution is 2.12. The quantitative estimate of drug-likeness (QED) is 0.456. The van der Waals surface area contributed by atoms with Crippen LogP contribution in [-0.2, 0) is 14.2 Å². The average molecular weight is 422 g/mol. The van der Waals surface area contributed by atoms with Crippen molar-refractivity contribution < 1.29 is 48.0 Å². The normalized spacial score (nSPS) is 9.80. The van der Waals surface area contributed by atoms with E-state index in [0.717, 1.165) is 12.7 Å². The summed E-state index contributed by atoms with van der Waals surface area (Å²) in [5, 5.41) is 17.3. The van der Waals surface area contributed by atoms with Gasteiger partial charge < -0.3 is 28.8 Å². The van der Waals surface area contributed by atoms with E-state index in [0.29, 0.717) is 18.6 Å². The first-order chi connectivity index (χ1) is 14.3. The van der Waals surface area contributed by atoms with Gasteiger partial charge in [0.2, 0.25) is 5.76 Å². The van der Waals surface area contributed by atoms with Crippen molar-refractivity contribution >= 4 is 23.9 Å². The molecule has 2 N–H and O–H groups in total. The monoisotopic (exact) mass is 422 g/mol. The SMILES string of the molecule is COC(=O)c1ccc(C(=O)O)cc1.COCCCCOC(=O)c1ccoc1C(=O)O. The van der Waals surface area contributed by atoms with E-state index in [1.165, 1.54) is 37.4 Å². The van der Waals surface area contributed by atoms with Gasteiger partial charge in [-0.1, -0.05) is 0 Å². The van der Waals surface area contributed by atoms with E-state index in [9.17, 15) is 19.2 Å². The van der Waals surface area contributed by atoms with Crippen molar-refractivity contribution in [2.75, 3.05) is 27.4 Å². The third-order valence-electron chi connectivity index (χ3n) is 3.61. The summed E-state index contributed by atoms with van der Waals surface area (Å²) in [5.74, 6) is -3.87. The number of carboxylic acids is 2. The maximum atomic E-state index is 11.5. The fourth-order valence-electron chi connectivity index (χ4n) is 2.09. The van der Waals surface area contributed by atoms with Crippen molar-refractivity contribution in [3.05, 3.63) is 59.0 Å². The van der Waals surface area contributed by atoms with Gasteiger partial charge in [0.15, 0.2) is 0 Å². The zero-order valence-electron chi connectivity index (χ0n) is 16.5. The van der Waals surface area contributed by atoms with E-state index in [-0.39, 0.29) is 17.7 Å². The summed E-state index contributed by atoms with van der Waals surface area (Å²) in [5.41, 5.74) is 0.421. The lowest BCUT2D eigenvalue weighted by Gasteiger charge is -2.03. The number of furan rings is 1. The Bertz CT molecular complexity index is 851. The van der Waals surface area contributed by atoms with Gasteiger partial charge in [-0.25, -0.2) is 19.2 Å². The van der Waals surface area contributed by atoms with Crippen molar-refractivity contribution in [3.8, 4) is 0 Å². The molecule has 162 valence electrons. The number of esters is 2. The molecule has 2 aromatic rings. The number of methoxy groups -OCH3 is 2. The number of ether oxygens (including phenoxy) is 3. The molecule has 0 spiro atoms. The van der Waals surface area contributed by atoms with Crippen LogP contribution in [0.15, 0.2) is 41.0 Å². The van der Waals surface area contributed by atoms with Gasteiger partial charge in [-0.05, 0) is 43.2 Å². The van der Waals surface area contributed by atoms with Crippen LogP contribution in [0.5, 0.6) is 0 Å². The van der Waals surface area contributed by atoms with Crippen molar-refractivity contribution in [3.63, 3.8) is 0 Å². The Morgan fingerprint density at radius 2 is 1.43 bits per heavy atom. The summed E-state index contributed by atoms with van der Waals surface area (Å²) >= 11 is 0. The van der Waals surface area contributed by atoms with Gasteiger partial charge in [-0.2, -0.15) is 0 Å². The van der Waals surface area contributed by atoms with Crippen LogP contribution in [0.4, 0.5) is 0 Å². The second-order valence-corrected chi connectivity index (χ2v) is 5.68. The number of carboxylic acid groups (broad SMARTS) is 2. The minimum absolute atomic E-state index is 0.0655. The van der Waals surface area contributed by atoms with Gasteiger partial charge in [-0.3, -0.25) is 0 Å². The van der Waals surface area contributed by atoms with Crippen LogP contribution in [0.3, 0.4) is 0 Å². The Kier molecular flexibility index (Phi) is 10.3. The van der Waals surface area contributed by atoms with E-state index >= 15 is 0 Å². The summed E-state index contributed by atoms with van der Waals surface area (Å²) in [7, 11) is 2.87. The van der Waals surface area contributed by atoms with Crippen LogP contribution in [0.1, 0.15) is 54.5 Å². The summed E-state index contributed by atoms with van der Waals surface area (Å²) in [6.07, 6.45) is 2.59. The lowest BCUT2D eigenvalue weighted by molar-refractivity contribution is 0.0474. The number of hydrogen-bond acceptors (Lipinski definition) is 8. The Hall–Kier alpha value is -3.66. The smallest absolute Gasteiger partial charge is 0.372 e. The maximum Gasteiger partial charge on any atom is 0.372 e. The summed E-state index contributed by atoms with van der Waals surface area (Å²) in [6, 6.07) is 6.81. The molecular formula is C20H22O10. The van der Waals surface area contributed by atoms with E-state index in [2.05, 4.69) is 9.15 Å². The molecule has 0 unspecified atom stereocenters. The second-order valence-electron chi connectivity index (χ2n) is 5.68. The lowest BCUT2D eigenvalue weighted by atomic mass is 10.1. The molecule has 1 heterocycles. The summed E-state index contributed by atoms with van der Waals surface area (Å²) in [4.78, 5) is 43.5. The number of carbonyl (C=O) groups excluding carboxylic acids is 2. The number of rotatable bonds is 9. The molecule has 1 aromatic heterocycles. The Morgan fingerprint density at radius 3 is 1.97 bits per heavy atom. The van der Waals surface area contributed by atoms with Crippen LogP contribution >= 0.6 is 0 Å². The largest absolute Gasteiger partial charge is 0.478 e. The molecule has 30 heavy (non-hydrogen) atoms. The van der Waals surface area contributed by atoms with Gasteiger partial charge in [0, 0.05) is 13.7 Å². The molecule has 10 heteroatoms. The number of hydrogen-bond donors (Lipinski definition) is 2. The molecule has 0 bridgehead atoms. The fraction of sp³-hybridized carbons (Fsp3) is 0.300. The van der Waals surface area contributed by atoms with Gasteiger partial charge in [0.1, 0.15) is 5.56 Å². The van der Waals surface area contributed by atoms with Crippen LogP contribution in [-0.4, -0.2) is 61.5 Å². The number of carbonyl (C=O) groups is 4. The van der Waals surface area contributed by atoms with Crippen LogP contribution in [0.2, 0.25) is 0 Å². The fourth-order valence-corrected chi connectivity index (χ4v) is 2.09. The minimum atomic E-state index is -1.29. The highest BCUT2D eigenvalue weighted by atomic mass is 16.5. The first-order valence-electron chi connectivity index (χ1n) is 8.70. The zero-order valence-corrected chi connectivity index (χ0v) is 16.5. The Labute approximate surface area is 172 Å². The van der Waals surface area contributed by atoms with Gasteiger partial charge in [-0.15, -0.1) is 0 Å². The Balaban J connectivity index is 0.000000311. The molecule has 10 nitrogen and oxygen atoms in total. The number of unbranched alkanes of at least 4 members (excludes halogenated alkanes) is 1. The summed E-state index contributed by atoms with van der Waals surface area (Å²) in [6.45, 7) is 0.829. The highest BCUT2D eigenvalue weighted by molar-refractivity contribution is 6.00. The standard InChI is InChI=1S/C11H14O6.C9H8O4/c1-15-5-2-3-6-17-11(14)8-4-7-16-9(8)10(12)13;1-13-9(12)7-4-2-6(3-5-7)8(10)11/h4,7H,2-3,5-6H2,1H3,(H,12,13);2-5H,1H3,(H,10,11). The van der Waals surface area contributed by atoms with Gasteiger partial charge in [0.05, 0.1) is 31.1 Å². The third kappa shape index (κ3) is 7.76. The van der Waals surface area contributed by atoms with Crippen LogP contribution in [0, 0.1) is 0 Å². The molecule has 0 aliphatic carbocycles. The zero-order chi connectivity index (χ0) is 22.5. The van der Waals surface area contributed by atoms with E-state index < -0.39 is 29.6 Å². The van der Waals surface area contributed by atoms with Crippen molar-refractivity contribution in [1.82, 2.24) is 0 Å². The average Bonchev–Trinajstić information content (AvgIpc) is 3.24. The van der Waals surface area contributed by atoms with Crippen molar-refractivity contribution in [2.45, 2.75) is 12.8 Å². The second kappa shape index (κ2) is 12.7. The van der Waals surface area contributed by atoms with Crippen molar-refractivity contribution in [1.29, 1.82) is 0 Å². The van der Waals surface area contributed by atoms with Crippen molar-refractivity contribution in [2.24, 2.45) is 0 Å². The molecule has 0 fully saturated rings. The molecule has 0 saturated carbocycles. The van der Waals surface area contributed by atoms with Crippen LogP contribution < -0.4 is 0 Å². The third-order valence-corrected chi connectivity index (χ3v) is 3.61. The molecule has 0 aliphatic heterocycles. The topological polar surface area (TPSA) is 150 Å². The van der Waals surface area contributed by atoms with E-state index in [1.807, 2.05) is 0 Å². The molecule has 0 saturated heterocycles.